The molecular weight excluding hydrogens is 481 g/mol. The van der Waals surface area contributed by atoms with E-state index < -0.39 is 49.8 Å². The van der Waals surface area contributed by atoms with E-state index in [1.807, 2.05) is 13.0 Å². The van der Waals surface area contributed by atoms with Gasteiger partial charge in [-0.05, 0) is 48.2 Å². The highest BCUT2D eigenvalue weighted by molar-refractivity contribution is 7.87. The number of aryl methyl sites for hydroxylation is 1. The zero-order chi connectivity index (χ0) is 24.8. The van der Waals surface area contributed by atoms with E-state index in [1.165, 1.54) is 25.4 Å². The molecule has 1 aromatic heterocycles. The van der Waals surface area contributed by atoms with Gasteiger partial charge in [0, 0.05) is 17.1 Å². The quantitative estimate of drug-likeness (QED) is 0.154. The number of halogens is 5. The lowest BCUT2D eigenvalue weighted by molar-refractivity contribution is 0.346. The lowest BCUT2D eigenvalue weighted by atomic mass is 10.00. The van der Waals surface area contributed by atoms with Crippen LogP contribution in [0.25, 0.3) is 22.0 Å². The van der Waals surface area contributed by atoms with Crippen molar-refractivity contribution in [1.82, 2.24) is 4.98 Å². The van der Waals surface area contributed by atoms with Crippen molar-refractivity contribution in [2.45, 2.75) is 11.8 Å². The Balaban J connectivity index is 1.81. The Morgan fingerprint density at radius 2 is 1.47 bits per heavy atom. The summed E-state index contributed by atoms with van der Waals surface area (Å²) in [6.45, 7) is 1.85. The number of pyridine rings is 1. The number of rotatable bonds is 5. The van der Waals surface area contributed by atoms with Gasteiger partial charge in [0.15, 0.2) is 0 Å². The molecular formula is C23H14F5NO4S. The van der Waals surface area contributed by atoms with Crippen LogP contribution in [-0.4, -0.2) is 20.5 Å². The van der Waals surface area contributed by atoms with Crippen LogP contribution < -0.4 is 8.92 Å². The third kappa shape index (κ3) is 3.92. The lowest BCUT2D eigenvalue weighted by Gasteiger charge is -2.13. The summed E-state index contributed by atoms with van der Waals surface area (Å²) in [5, 5.41) is 0.906. The molecule has 0 radical (unpaired) electrons. The average Bonchev–Trinajstić information content (AvgIpc) is 2.84. The molecule has 0 atom stereocenters. The SMILES string of the molecule is COc1ccc(C)c(-c2nccc3cc(S(=O)(=O)Oc4c(F)c(F)c(F)c(F)c4F)ccc23)c1. The zero-order valence-electron chi connectivity index (χ0n) is 17.5. The van der Waals surface area contributed by atoms with Gasteiger partial charge >= 0.3 is 10.1 Å². The summed E-state index contributed by atoms with van der Waals surface area (Å²) < 4.78 is 103. The first kappa shape index (κ1) is 23.4. The average molecular weight is 495 g/mol. The van der Waals surface area contributed by atoms with Crippen molar-refractivity contribution in [3.8, 4) is 22.8 Å². The fraction of sp³-hybridized carbons (Fsp3) is 0.0870. The van der Waals surface area contributed by atoms with Gasteiger partial charge in [0.05, 0.1) is 12.8 Å². The Hall–Kier alpha value is -3.73. The third-order valence-corrected chi connectivity index (χ3v) is 6.30. The molecule has 0 spiro atoms. The Morgan fingerprint density at radius 1 is 0.824 bits per heavy atom. The number of hydrogen-bond acceptors (Lipinski definition) is 5. The van der Waals surface area contributed by atoms with E-state index in [-0.39, 0.29) is 0 Å². The molecule has 0 saturated heterocycles. The Morgan fingerprint density at radius 3 is 2.12 bits per heavy atom. The molecule has 5 nitrogen and oxygen atoms in total. The number of methoxy groups -OCH3 is 1. The van der Waals surface area contributed by atoms with Gasteiger partial charge in [-0.15, -0.1) is 0 Å². The predicted octanol–water partition coefficient (Wildman–Crippen LogP) is 5.68. The molecule has 176 valence electrons. The largest absolute Gasteiger partial charge is 0.497 e. The maximum Gasteiger partial charge on any atom is 0.339 e. The second-order valence-corrected chi connectivity index (χ2v) is 8.71. The van der Waals surface area contributed by atoms with E-state index in [2.05, 4.69) is 9.17 Å². The van der Waals surface area contributed by atoms with E-state index in [1.54, 1.807) is 12.1 Å². The highest BCUT2D eigenvalue weighted by Crippen LogP contribution is 2.34. The summed E-state index contributed by atoms with van der Waals surface area (Å²) in [5.41, 5.74) is 2.10. The second-order valence-electron chi connectivity index (χ2n) is 7.16. The predicted molar refractivity (Wildman–Crippen MR) is 113 cm³/mol. The molecule has 0 aliphatic carbocycles. The fourth-order valence-electron chi connectivity index (χ4n) is 3.33. The topological polar surface area (TPSA) is 65.5 Å². The number of ether oxygens (including phenoxy) is 1. The highest BCUT2D eigenvalue weighted by atomic mass is 32.2. The van der Waals surface area contributed by atoms with Gasteiger partial charge in [0.1, 0.15) is 10.6 Å². The van der Waals surface area contributed by atoms with Crippen molar-refractivity contribution in [2.75, 3.05) is 7.11 Å². The number of nitrogens with zero attached hydrogens (tertiary/aromatic N) is 1. The fourth-order valence-corrected chi connectivity index (χ4v) is 4.29. The normalized spacial score (nSPS) is 11.6. The molecule has 1 heterocycles. The minimum absolute atomic E-state index is 0.370. The van der Waals surface area contributed by atoms with E-state index in [0.717, 1.165) is 23.3 Å². The summed E-state index contributed by atoms with van der Waals surface area (Å²) >= 11 is 0. The van der Waals surface area contributed by atoms with Crippen LogP contribution in [0.5, 0.6) is 11.5 Å². The van der Waals surface area contributed by atoms with Gasteiger partial charge in [0.2, 0.25) is 34.8 Å². The van der Waals surface area contributed by atoms with Gasteiger partial charge in [0.25, 0.3) is 0 Å². The molecule has 0 aliphatic rings. The monoisotopic (exact) mass is 495 g/mol. The molecule has 0 N–H and O–H groups in total. The van der Waals surface area contributed by atoms with Gasteiger partial charge in [-0.3, -0.25) is 4.98 Å². The van der Waals surface area contributed by atoms with Crippen molar-refractivity contribution >= 4 is 20.9 Å². The maximum atomic E-state index is 13.9. The smallest absolute Gasteiger partial charge is 0.339 e. The van der Waals surface area contributed by atoms with Crippen LogP contribution in [-0.2, 0) is 10.1 Å². The third-order valence-electron chi connectivity index (χ3n) is 5.09. The van der Waals surface area contributed by atoms with Crippen molar-refractivity contribution < 1.29 is 39.3 Å². The molecule has 0 aliphatic heterocycles. The summed E-state index contributed by atoms with van der Waals surface area (Å²) in [7, 11) is -3.46. The van der Waals surface area contributed by atoms with E-state index >= 15 is 0 Å². The Kier molecular flexibility index (Phi) is 5.90. The minimum atomic E-state index is -4.97. The molecule has 0 amide bonds. The number of benzene rings is 3. The van der Waals surface area contributed by atoms with Crippen molar-refractivity contribution in [3.05, 3.63) is 83.3 Å². The molecule has 3 aromatic carbocycles. The number of fused-ring (bicyclic) bond motifs is 1. The molecule has 4 aromatic rings. The first-order chi connectivity index (χ1) is 16.0. The van der Waals surface area contributed by atoms with Crippen molar-refractivity contribution in [2.24, 2.45) is 0 Å². The van der Waals surface area contributed by atoms with Gasteiger partial charge in [-0.1, -0.05) is 12.1 Å². The number of hydrogen-bond donors (Lipinski definition) is 0. The Bertz CT molecular complexity index is 1530. The van der Waals surface area contributed by atoms with Crippen molar-refractivity contribution in [1.29, 1.82) is 0 Å². The first-order valence-electron chi connectivity index (χ1n) is 9.55. The molecule has 0 saturated carbocycles. The zero-order valence-corrected chi connectivity index (χ0v) is 18.3. The standard InChI is InChI=1S/C23H14F5NO4S/c1-11-3-4-13(32-2)10-16(11)22-15-6-5-14(9-12(15)7-8-29-22)34(30,31)33-23-20(27)18(25)17(24)19(26)21(23)28/h3-10H,1-2H3. The Labute approximate surface area is 190 Å². The molecule has 0 bridgehead atoms. The van der Waals surface area contributed by atoms with Crippen LogP contribution in [0.2, 0.25) is 0 Å². The summed E-state index contributed by atoms with van der Waals surface area (Å²) in [6, 6.07) is 10.4. The van der Waals surface area contributed by atoms with Crippen molar-refractivity contribution in [3.63, 3.8) is 0 Å². The molecule has 4 rings (SSSR count). The molecule has 0 fully saturated rings. The van der Waals surface area contributed by atoms with E-state index in [4.69, 9.17) is 4.74 Å². The minimum Gasteiger partial charge on any atom is -0.497 e. The van der Waals surface area contributed by atoms with Crippen LogP contribution in [0, 0.1) is 36.0 Å². The molecule has 11 heteroatoms. The lowest BCUT2D eigenvalue weighted by Crippen LogP contribution is -2.14. The molecule has 34 heavy (non-hydrogen) atoms. The highest BCUT2D eigenvalue weighted by Gasteiger charge is 2.31. The van der Waals surface area contributed by atoms with E-state index in [0.29, 0.717) is 22.2 Å². The van der Waals surface area contributed by atoms with E-state index in [9.17, 15) is 30.4 Å². The van der Waals surface area contributed by atoms with Crippen LogP contribution in [0.3, 0.4) is 0 Å². The first-order valence-corrected chi connectivity index (χ1v) is 11.0. The summed E-state index contributed by atoms with van der Waals surface area (Å²) in [5.74, 6) is -13.2. The molecule has 0 unspecified atom stereocenters. The number of aromatic nitrogens is 1. The second kappa shape index (κ2) is 8.56. The summed E-state index contributed by atoms with van der Waals surface area (Å²) in [6.07, 6.45) is 1.43. The van der Waals surface area contributed by atoms with Gasteiger partial charge in [-0.2, -0.15) is 17.2 Å². The van der Waals surface area contributed by atoms with Gasteiger partial charge in [-0.25, -0.2) is 13.2 Å². The van der Waals surface area contributed by atoms with Crippen LogP contribution in [0.15, 0.2) is 53.6 Å². The van der Waals surface area contributed by atoms with Crippen LogP contribution >= 0.6 is 0 Å². The summed E-state index contributed by atoms with van der Waals surface area (Å²) in [4.78, 5) is 3.80. The van der Waals surface area contributed by atoms with Crippen LogP contribution in [0.4, 0.5) is 22.0 Å². The van der Waals surface area contributed by atoms with Crippen LogP contribution in [0.1, 0.15) is 5.56 Å². The maximum absolute atomic E-state index is 13.9. The van der Waals surface area contributed by atoms with Gasteiger partial charge < -0.3 is 8.92 Å².